The van der Waals surface area contributed by atoms with Crippen LogP contribution in [0, 0.1) is 0 Å². The molecular weight excluding hydrogens is 474 g/mol. The van der Waals surface area contributed by atoms with Crippen LogP contribution in [0.15, 0.2) is 34.9 Å². The van der Waals surface area contributed by atoms with E-state index in [1.54, 1.807) is 6.20 Å². The molecule has 0 aliphatic carbocycles. The van der Waals surface area contributed by atoms with Crippen LogP contribution in [0.25, 0.3) is 0 Å². The molecule has 4 N–H and O–H groups in total. The van der Waals surface area contributed by atoms with Crippen molar-refractivity contribution in [2.75, 3.05) is 42.1 Å². The Bertz CT molecular complexity index is 919. The number of anilines is 4. The van der Waals surface area contributed by atoms with E-state index in [1.165, 1.54) is 0 Å². The maximum absolute atomic E-state index is 12.3. The third-order valence-corrected chi connectivity index (χ3v) is 5.53. The van der Waals surface area contributed by atoms with Gasteiger partial charge in [-0.05, 0) is 59.8 Å². The predicted octanol–water partition coefficient (Wildman–Crippen LogP) is 4.33. The van der Waals surface area contributed by atoms with Crippen molar-refractivity contribution >= 4 is 51.0 Å². The van der Waals surface area contributed by atoms with Gasteiger partial charge in [0.05, 0.1) is 4.47 Å². The van der Waals surface area contributed by atoms with E-state index in [2.05, 4.69) is 47.2 Å². The highest BCUT2D eigenvalue weighted by atomic mass is 79.9. The molecule has 3 amide bonds. The number of nitrogens with one attached hydrogen (secondary N) is 4. The van der Waals surface area contributed by atoms with Crippen LogP contribution in [0.5, 0.6) is 0 Å². The SMILES string of the molecule is CCCC(=O)NCCCNc1nc(Nc2cccc(NC(=O)N3CCCC3)c2)ncc1Br. The fourth-order valence-electron chi connectivity index (χ4n) is 3.32. The van der Waals surface area contributed by atoms with Gasteiger partial charge in [-0.1, -0.05) is 13.0 Å². The molecule has 0 atom stereocenters. The second kappa shape index (κ2) is 12.2. The summed E-state index contributed by atoms with van der Waals surface area (Å²) in [5.41, 5.74) is 1.49. The molecular formula is C22H30BrN7O2. The maximum Gasteiger partial charge on any atom is 0.321 e. The first kappa shape index (κ1) is 23.8. The lowest BCUT2D eigenvalue weighted by Crippen LogP contribution is -2.32. The molecule has 0 unspecified atom stereocenters. The van der Waals surface area contributed by atoms with Gasteiger partial charge in [0.2, 0.25) is 11.9 Å². The molecule has 2 aromatic rings. The molecule has 0 radical (unpaired) electrons. The van der Waals surface area contributed by atoms with Gasteiger partial charge in [-0.15, -0.1) is 0 Å². The third kappa shape index (κ3) is 7.37. The predicted molar refractivity (Wildman–Crippen MR) is 130 cm³/mol. The van der Waals surface area contributed by atoms with Crippen molar-refractivity contribution in [2.24, 2.45) is 0 Å². The molecule has 0 bridgehead atoms. The largest absolute Gasteiger partial charge is 0.369 e. The Morgan fingerprint density at radius 3 is 2.72 bits per heavy atom. The van der Waals surface area contributed by atoms with Gasteiger partial charge in [-0.25, -0.2) is 9.78 Å². The molecule has 0 saturated carbocycles. The lowest BCUT2D eigenvalue weighted by molar-refractivity contribution is -0.121. The van der Waals surface area contributed by atoms with Crippen LogP contribution in [0.4, 0.5) is 27.9 Å². The molecule has 32 heavy (non-hydrogen) atoms. The second-order valence-electron chi connectivity index (χ2n) is 7.60. The fraction of sp³-hybridized carbons (Fsp3) is 0.455. The summed E-state index contributed by atoms with van der Waals surface area (Å²) in [6.07, 6.45) is 5.98. The molecule has 1 saturated heterocycles. The van der Waals surface area contributed by atoms with Crippen molar-refractivity contribution in [3.05, 3.63) is 34.9 Å². The summed E-state index contributed by atoms with van der Waals surface area (Å²) in [4.78, 5) is 34.5. The van der Waals surface area contributed by atoms with Gasteiger partial charge < -0.3 is 26.2 Å². The van der Waals surface area contributed by atoms with Gasteiger partial charge in [0.25, 0.3) is 0 Å². The van der Waals surface area contributed by atoms with Crippen LogP contribution in [0.1, 0.15) is 39.0 Å². The zero-order valence-corrected chi connectivity index (χ0v) is 19.9. The van der Waals surface area contributed by atoms with Gasteiger partial charge in [0.15, 0.2) is 0 Å². The minimum Gasteiger partial charge on any atom is -0.369 e. The van der Waals surface area contributed by atoms with Crippen LogP contribution in [-0.4, -0.2) is 53.0 Å². The monoisotopic (exact) mass is 503 g/mol. The van der Waals surface area contributed by atoms with Gasteiger partial charge in [0, 0.05) is 50.2 Å². The van der Waals surface area contributed by atoms with E-state index in [9.17, 15) is 9.59 Å². The van der Waals surface area contributed by atoms with Crippen molar-refractivity contribution in [3.8, 4) is 0 Å². The van der Waals surface area contributed by atoms with E-state index >= 15 is 0 Å². The molecule has 2 heterocycles. The molecule has 3 rings (SSSR count). The maximum atomic E-state index is 12.3. The Kier molecular flexibility index (Phi) is 9.09. The summed E-state index contributed by atoms with van der Waals surface area (Å²) >= 11 is 3.46. The Labute approximate surface area is 196 Å². The highest BCUT2D eigenvalue weighted by Crippen LogP contribution is 2.23. The van der Waals surface area contributed by atoms with Gasteiger partial charge >= 0.3 is 6.03 Å². The molecule has 172 valence electrons. The molecule has 1 aromatic heterocycles. The van der Waals surface area contributed by atoms with Crippen molar-refractivity contribution < 1.29 is 9.59 Å². The van der Waals surface area contributed by atoms with Gasteiger partial charge in [0.1, 0.15) is 5.82 Å². The number of hydrogen-bond donors (Lipinski definition) is 4. The smallest absolute Gasteiger partial charge is 0.321 e. The van der Waals surface area contributed by atoms with E-state index in [4.69, 9.17) is 0 Å². The second-order valence-corrected chi connectivity index (χ2v) is 8.45. The number of carbonyl (C=O) groups excluding carboxylic acids is 2. The molecule has 1 aromatic carbocycles. The summed E-state index contributed by atoms with van der Waals surface area (Å²) in [6.45, 7) is 4.88. The summed E-state index contributed by atoms with van der Waals surface area (Å²) in [7, 11) is 0. The number of nitrogens with zero attached hydrogens (tertiary/aromatic N) is 3. The van der Waals surface area contributed by atoms with Crippen molar-refractivity contribution in [1.29, 1.82) is 0 Å². The average molecular weight is 504 g/mol. The Hall–Kier alpha value is -2.88. The first-order chi connectivity index (χ1) is 15.5. The molecule has 0 spiro atoms. The summed E-state index contributed by atoms with van der Waals surface area (Å²) in [5.74, 6) is 1.19. The molecule has 9 nitrogen and oxygen atoms in total. The third-order valence-electron chi connectivity index (χ3n) is 4.95. The van der Waals surface area contributed by atoms with E-state index in [0.717, 1.165) is 48.9 Å². The zero-order valence-electron chi connectivity index (χ0n) is 18.3. The van der Waals surface area contributed by atoms with Gasteiger partial charge in [-0.3, -0.25) is 4.79 Å². The first-order valence-electron chi connectivity index (χ1n) is 11.0. The number of aromatic nitrogens is 2. The van der Waals surface area contributed by atoms with Crippen LogP contribution >= 0.6 is 15.9 Å². The highest BCUT2D eigenvalue weighted by Gasteiger charge is 2.17. The number of likely N-dealkylation sites (tertiary alicyclic amines) is 1. The lowest BCUT2D eigenvalue weighted by Gasteiger charge is -2.16. The number of benzene rings is 1. The van der Waals surface area contributed by atoms with Gasteiger partial charge in [-0.2, -0.15) is 4.98 Å². The van der Waals surface area contributed by atoms with E-state index in [-0.39, 0.29) is 11.9 Å². The number of urea groups is 1. The normalized spacial score (nSPS) is 13.0. The summed E-state index contributed by atoms with van der Waals surface area (Å²) in [5, 5.41) is 12.3. The summed E-state index contributed by atoms with van der Waals surface area (Å²) in [6, 6.07) is 7.40. The zero-order chi connectivity index (χ0) is 22.8. The molecule has 1 fully saturated rings. The first-order valence-corrected chi connectivity index (χ1v) is 11.8. The minimum absolute atomic E-state index is 0.0723. The Balaban J connectivity index is 1.52. The van der Waals surface area contributed by atoms with Crippen molar-refractivity contribution in [3.63, 3.8) is 0 Å². The number of halogens is 1. The highest BCUT2D eigenvalue weighted by molar-refractivity contribution is 9.10. The van der Waals surface area contributed by atoms with Crippen LogP contribution < -0.4 is 21.3 Å². The Morgan fingerprint density at radius 1 is 1.16 bits per heavy atom. The van der Waals surface area contributed by atoms with E-state index in [0.29, 0.717) is 37.0 Å². The number of carbonyl (C=O) groups is 2. The number of rotatable bonds is 10. The van der Waals surface area contributed by atoms with E-state index < -0.39 is 0 Å². The number of amides is 3. The fourth-order valence-corrected chi connectivity index (χ4v) is 3.65. The van der Waals surface area contributed by atoms with Crippen LogP contribution in [-0.2, 0) is 4.79 Å². The molecule has 1 aliphatic heterocycles. The topological polar surface area (TPSA) is 111 Å². The quantitative estimate of drug-likeness (QED) is 0.359. The standard InChI is InChI=1S/C22H30BrN7O2/c1-2-7-19(31)24-10-6-11-25-20-18(23)15-26-21(29-20)27-16-8-5-9-17(14-16)28-22(32)30-12-3-4-13-30/h5,8-9,14-15H,2-4,6-7,10-13H2,1H3,(H,24,31)(H,28,32)(H2,25,26,27,29). The lowest BCUT2D eigenvalue weighted by atomic mass is 10.3. The Morgan fingerprint density at radius 2 is 1.94 bits per heavy atom. The van der Waals surface area contributed by atoms with Crippen molar-refractivity contribution in [2.45, 2.75) is 39.0 Å². The summed E-state index contributed by atoms with van der Waals surface area (Å²) < 4.78 is 0.754. The minimum atomic E-state index is -0.0723. The average Bonchev–Trinajstić information content (AvgIpc) is 3.31. The van der Waals surface area contributed by atoms with Crippen LogP contribution in [0.3, 0.4) is 0 Å². The molecule has 10 heteroatoms. The molecule has 1 aliphatic rings. The van der Waals surface area contributed by atoms with E-state index in [1.807, 2.05) is 36.1 Å². The van der Waals surface area contributed by atoms with Crippen LogP contribution in [0.2, 0.25) is 0 Å². The van der Waals surface area contributed by atoms with Crippen molar-refractivity contribution in [1.82, 2.24) is 20.2 Å². The number of hydrogen-bond acceptors (Lipinski definition) is 6.